The third-order valence-electron chi connectivity index (χ3n) is 3.36. The summed E-state index contributed by atoms with van der Waals surface area (Å²) < 4.78 is 25.1. The molecular formula is C15H16O4S. The van der Waals surface area contributed by atoms with E-state index in [1.54, 1.807) is 32.9 Å². The molecule has 0 bridgehead atoms. The predicted octanol–water partition coefficient (Wildman–Crippen LogP) is 2.86. The molecule has 0 spiro atoms. The summed E-state index contributed by atoms with van der Waals surface area (Å²) in [6.07, 6.45) is 0. The van der Waals surface area contributed by atoms with Crippen molar-refractivity contribution in [2.75, 3.05) is 0 Å². The summed E-state index contributed by atoms with van der Waals surface area (Å²) in [6.45, 7) is 5.19. The SMILES string of the molecule is Cc1ccc(S(=O)(=O)c2ccc(C)c(C)c2O)c(O)c1. The average molecular weight is 292 g/mol. The maximum absolute atomic E-state index is 12.5. The minimum atomic E-state index is -3.96. The fraction of sp³-hybridized carbons (Fsp3) is 0.200. The Balaban J connectivity index is 2.70. The van der Waals surface area contributed by atoms with Crippen LogP contribution in [0, 0.1) is 20.8 Å². The minimum absolute atomic E-state index is 0.195. The number of aryl methyl sites for hydroxylation is 2. The topological polar surface area (TPSA) is 74.6 Å². The molecule has 5 heteroatoms. The first-order chi connectivity index (χ1) is 9.25. The molecule has 0 heterocycles. The molecular weight excluding hydrogens is 276 g/mol. The Morgan fingerprint density at radius 1 is 0.900 bits per heavy atom. The molecule has 0 atom stereocenters. The first kappa shape index (κ1) is 14.4. The fourth-order valence-electron chi connectivity index (χ4n) is 1.97. The van der Waals surface area contributed by atoms with E-state index >= 15 is 0 Å². The van der Waals surface area contributed by atoms with Crippen molar-refractivity contribution >= 4 is 9.84 Å². The van der Waals surface area contributed by atoms with Crippen LogP contribution in [0.3, 0.4) is 0 Å². The summed E-state index contributed by atoms with van der Waals surface area (Å²) in [5.74, 6) is -0.590. The largest absolute Gasteiger partial charge is 0.507 e. The number of hydrogen-bond acceptors (Lipinski definition) is 4. The molecule has 0 saturated heterocycles. The van der Waals surface area contributed by atoms with E-state index in [-0.39, 0.29) is 21.3 Å². The van der Waals surface area contributed by atoms with Gasteiger partial charge in [-0.2, -0.15) is 0 Å². The second-order valence-corrected chi connectivity index (χ2v) is 6.72. The van der Waals surface area contributed by atoms with Crippen molar-refractivity contribution in [2.24, 2.45) is 0 Å². The molecule has 0 fully saturated rings. The molecule has 2 rings (SSSR count). The highest BCUT2D eigenvalue weighted by atomic mass is 32.2. The maximum atomic E-state index is 12.5. The average Bonchev–Trinajstić information content (AvgIpc) is 2.35. The van der Waals surface area contributed by atoms with Gasteiger partial charge >= 0.3 is 0 Å². The number of sulfone groups is 1. The van der Waals surface area contributed by atoms with Crippen LogP contribution in [-0.2, 0) is 9.84 Å². The highest BCUT2D eigenvalue weighted by molar-refractivity contribution is 7.91. The van der Waals surface area contributed by atoms with Crippen LogP contribution in [0.4, 0.5) is 0 Å². The van der Waals surface area contributed by atoms with Gasteiger partial charge in [0.2, 0.25) is 9.84 Å². The summed E-state index contributed by atoms with van der Waals surface area (Å²) in [7, 11) is -3.96. The van der Waals surface area contributed by atoms with Crippen molar-refractivity contribution in [1.82, 2.24) is 0 Å². The van der Waals surface area contributed by atoms with Gasteiger partial charge in [-0.3, -0.25) is 0 Å². The van der Waals surface area contributed by atoms with E-state index in [0.29, 0.717) is 5.56 Å². The van der Waals surface area contributed by atoms with Crippen molar-refractivity contribution in [3.05, 3.63) is 47.0 Å². The van der Waals surface area contributed by atoms with Gasteiger partial charge in [-0.05, 0) is 55.7 Å². The van der Waals surface area contributed by atoms with Gasteiger partial charge in [-0.15, -0.1) is 0 Å². The highest BCUT2D eigenvalue weighted by Crippen LogP contribution is 2.36. The van der Waals surface area contributed by atoms with E-state index in [1.165, 1.54) is 18.2 Å². The first-order valence-corrected chi connectivity index (χ1v) is 7.57. The van der Waals surface area contributed by atoms with Gasteiger partial charge in [0.15, 0.2) is 0 Å². The van der Waals surface area contributed by atoms with Crippen molar-refractivity contribution in [2.45, 2.75) is 30.6 Å². The zero-order valence-corrected chi connectivity index (χ0v) is 12.3. The van der Waals surface area contributed by atoms with E-state index in [2.05, 4.69) is 0 Å². The Morgan fingerprint density at radius 3 is 2.10 bits per heavy atom. The van der Waals surface area contributed by atoms with Crippen LogP contribution in [0.1, 0.15) is 16.7 Å². The monoisotopic (exact) mass is 292 g/mol. The predicted molar refractivity (Wildman–Crippen MR) is 75.9 cm³/mol. The molecule has 2 aromatic carbocycles. The summed E-state index contributed by atoms with van der Waals surface area (Å²) in [5, 5.41) is 19.9. The summed E-state index contributed by atoms with van der Waals surface area (Å²) in [6, 6.07) is 7.31. The van der Waals surface area contributed by atoms with E-state index in [4.69, 9.17) is 0 Å². The molecule has 0 aromatic heterocycles. The molecule has 0 radical (unpaired) electrons. The molecule has 0 unspecified atom stereocenters. The Morgan fingerprint density at radius 2 is 1.50 bits per heavy atom. The molecule has 0 aliphatic carbocycles. The van der Waals surface area contributed by atoms with Crippen LogP contribution in [0.2, 0.25) is 0 Å². The van der Waals surface area contributed by atoms with E-state index in [0.717, 1.165) is 11.1 Å². The second kappa shape index (κ2) is 4.83. The second-order valence-electron chi connectivity index (χ2n) is 4.83. The van der Waals surface area contributed by atoms with Gasteiger partial charge in [-0.25, -0.2) is 8.42 Å². The maximum Gasteiger partial charge on any atom is 0.213 e. The third kappa shape index (κ3) is 2.25. The van der Waals surface area contributed by atoms with Gasteiger partial charge in [0, 0.05) is 0 Å². The minimum Gasteiger partial charge on any atom is -0.507 e. The van der Waals surface area contributed by atoms with Gasteiger partial charge in [-0.1, -0.05) is 12.1 Å². The first-order valence-electron chi connectivity index (χ1n) is 6.09. The van der Waals surface area contributed by atoms with Gasteiger partial charge in [0.05, 0.1) is 0 Å². The van der Waals surface area contributed by atoms with Crippen LogP contribution < -0.4 is 0 Å². The lowest BCUT2D eigenvalue weighted by molar-refractivity contribution is 0.450. The van der Waals surface area contributed by atoms with Crippen molar-refractivity contribution in [3.63, 3.8) is 0 Å². The molecule has 0 amide bonds. The van der Waals surface area contributed by atoms with Crippen molar-refractivity contribution < 1.29 is 18.6 Å². The summed E-state index contributed by atoms with van der Waals surface area (Å²) in [4.78, 5) is -0.401. The summed E-state index contributed by atoms with van der Waals surface area (Å²) in [5.41, 5.74) is 2.07. The van der Waals surface area contributed by atoms with Crippen LogP contribution in [0.25, 0.3) is 0 Å². The lowest BCUT2D eigenvalue weighted by Crippen LogP contribution is -2.04. The zero-order chi connectivity index (χ0) is 15.1. The standard InChI is InChI=1S/C15H16O4S/c1-9-4-6-13(12(16)8-9)20(18,19)14-7-5-10(2)11(3)15(14)17/h4-8,16-17H,1-3H3. The third-order valence-corrected chi connectivity index (χ3v) is 5.19. The van der Waals surface area contributed by atoms with Crippen molar-refractivity contribution in [3.8, 4) is 11.5 Å². The number of hydrogen-bond donors (Lipinski definition) is 2. The van der Waals surface area contributed by atoms with E-state index in [1.807, 2.05) is 0 Å². The molecule has 2 N–H and O–H groups in total. The van der Waals surface area contributed by atoms with Crippen LogP contribution in [0.15, 0.2) is 40.1 Å². The number of phenolic OH excluding ortho intramolecular Hbond substituents is 2. The van der Waals surface area contributed by atoms with Gasteiger partial charge in [0.25, 0.3) is 0 Å². The highest BCUT2D eigenvalue weighted by Gasteiger charge is 2.25. The molecule has 0 aliphatic rings. The molecule has 106 valence electrons. The Kier molecular flexibility index (Phi) is 3.48. The van der Waals surface area contributed by atoms with Gasteiger partial charge < -0.3 is 10.2 Å². The molecule has 0 aliphatic heterocycles. The lowest BCUT2D eigenvalue weighted by atomic mass is 10.1. The smallest absolute Gasteiger partial charge is 0.213 e. The number of aromatic hydroxyl groups is 2. The Bertz CT molecular complexity index is 777. The number of phenols is 2. The molecule has 0 saturated carbocycles. The van der Waals surface area contributed by atoms with E-state index < -0.39 is 9.84 Å². The molecule has 4 nitrogen and oxygen atoms in total. The molecule has 2 aromatic rings. The van der Waals surface area contributed by atoms with Crippen LogP contribution in [-0.4, -0.2) is 18.6 Å². The van der Waals surface area contributed by atoms with Crippen molar-refractivity contribution in [1.29, 1.82) is 0 Å². The quantitative estimate of drug-likeness (QED) is 0.892. The van der Waals surface area contributed by atoms with Crippen LogP contribution >= 0.6 is 0 Å². The number of rotatable bonds is 2. The Hall–Kier alpha value is -2.01. The molecule has 20 heavy (non-hydrogen) atoms. The van der Waals surface area contributed by atoms with E-state index in [9.17, 15) is 18.6 Å². The summed E-state index contributed by atoms with van der Waals surface area (Å²) >= 11 is 0. The Labute approximate surface area is 118 Å². The lowest BCUT2D eigenvalue weighted by Gasteiger charge is -2.12. The zero-order valence-electron chi connectivity index (χ0n) is 11.5. The number of benzene rings is 2. The van der Waals surface area contributed by atoms with Crippen LogP contribution in [0.5, 0.6) is 11.5 Å². The fourth-order valence-corrected chi connectivity index (χ4v) is 3.44. The van der Waals surface area contributed by atoms with Gasteiger partial charge in [0.1, 0.15) is 21.3 Å². The normalized spacial score (nSPS) is 11.6.